The Bertz CT molecular complexity index is 551. The zero-order valence-corrected chi connectivity index (χ0v) is 13.8. The molecular weight excluding hydrogens is 303 g/mol. The molecule has 0 spiro atoms. The van der Waals surface area contributed by atoms with Crippen molar-refractivity contribution in [3.05, 3.63) is 35.1 Å². The highest BCUT2D eigenvalue weighted by Gasteiger charge is 2.49. The van der Waals surface area contributed by atoms with Crippen LogP contribution in [0.4, 0.5) is 4.39 Å². The summed E-state index contributed by atoms with van der Waals surface area (Å²) >= 11 is 0. The lowest BCUT2D eigenvalue weighted by Crippen LogP contribution is -2.47. The van der Waals surface area contributed by atoms with Crippen molar-refractivity contribution in [2.45, 2.75) is 39.2 Å². The van der Waals surface area contributed by atoms with Crippen molar-refractivity contribution in [3.8, 4) is 0 Å². The Morgan fingerprint density at radius 3 is 3.05 bits per heavy atom. The molecule has 1 heterocycles. The molecular formula is C17H24ClFN2O. The first-order valence-corrected chi connectivity index (χ1v) is 7.86. The van der Waals surface area contributed by atoms with E-state index in [1.807, 2.05) is 6.07 Å². The van der Waals surface area contributed by atoms with E-state index in [1.165, 1.54) is 12.5 Å². The maximum atomic E-state index is 13.5. The maximum Gasteiger partial charge on any atom is 0.228 e. The van der Waals surface area contributed by atoms with E-state index in [1.54, 1.807) is 13.0 Å². The van der Waals surface area contributed by atoms with Gasteiger partial charge in [-0.05, 0) is 49.4 Å². The fourth-order valence-corrected chi connectivity index (χ4v) is 3.80. The van der Waals surface area contributed by atoms with E-state index in [-0.39, 0.29) is 29.5 Å². The van der Waals surface area contributed by atoms with Gasteiger partial charge < -0.3 is 10.6 Å². The van der Waals surface area contributed by atoms with Gasteiger partial charge in [0.05, 0.1) is 5.41 Å². The topological polar surface area (TPSA) is 41.1 Å². The Hall–Kier alpha value is -1.13. The van der Waals surface area contributed by atoms with Crippen molar-refractivity contribution < 1.29 is 9.18 Å². The molecule has 3 nitrogen and oxygen atoms in total. The van der Waals surface area contributed by atoms with Crippen molar-refractivity contribution in [1.29, 1.82) is 0 Å². The second-order valence-corrected chi connectivity index (χ2v) is 6.50. The molecule has 3 rings (SSSR count). The molecule has 1 saturated carbocycles. The third-order valence-corrected chi connectivity index (χ3v) is 5.18. The summed E-state index contributed by atoms with van der Waals surface area (Å²) in [6.45, 7) is 3.89. The molecule has 1 aromatic carbocycles. The van der Waals surface area contributed by atoms with Gasteiger partial charge in [-0.3, -0.25) is 4.79 Å². The molecule has 0 aromatic heterocycles. The number of rotatable bonds is 3. The fourth-order valence-electron chi connectivity index (χ4n) is 3.80. The minimum atomic E-state index is -0.235. The van der Waals surface area contributed by atoms with Gasteiger partial charge in [0.2, 0.25) is 5.91 Å². The van der Waals surface area contributed by atoms with E-state index >= 15 is 0 Å². The number of nitrogens with one attached hydrogen (secondary N) is 2. The number of hydrogen-bond acceptors (Lipinski definition) is 2. The van der Waals surface area contributed by atoms with Crippen LogP contribution in [0.5, 0.6) is 0 Å². The van der Waals surface area contributed by atoms with Crippen LogP contribution in [-0.2, 0) is 11.3 Å². The smallest absolute Gasteiger partial charge is 0.228 e. The molecule has 0 unspecified atom stereocenters. The summed E-state index contributed by atoms with van der Waals surface area (Å²) in [7, 11) is 0. The van der Waals surface area contributed by atoms with Crippen LogP contribution in [0.2, 0.25) is 0 Å². The van der Waals surface area contributed by atoms with Gasteiger partial charge in [-0.25, -0.2) is 4.39 Å². The Labute approximate surface area is 137 Å². The van der Waals surface area contributed by atoms with Gasteiger partial charge in [-0.2, -0.15) is 0 Å². The lowest BCUT2D eigenvalue weighted by atomic mass is 9.67. The molecule has 1 saturated heterocycles. The number of hydrogen-bond donors (Lipinski definition) is 2. The molecule has 5 heteroatoms. The Morgan fingerprint density at radius 1 is 1.45 bits per heavy atom. The molecule has 2 aliphatic rings. The summed E-state index contributed by atoms with van der Waals surface area (Å²) in [5, 5.41) is 6.41. The molecule has 122 valence electrons. The van der Waals surface area contributed by atoms with E-state index in [0.717, 1.165) is 37.9 Å². The quantitative estimate of drug-likeness (QED) is 0.896. The molecule has 2 atom stereocenters. The molecule has 1 amide bonds. The number of aryl methyl sites for hydroxylation is 1. The van der Waals surface area contributed by atoms with Crippen LogP contribution in [0.3, 0.4) is 0 Å². The normalized spacial score (nSPS) is 26.9. The minimum absolute atomic E-state index is 0. The molecule has 22 heavy (non-hydrogen) atoms. The first kappa shape index (κ1) is 17.2. The lowest BCUT2D eigenvalue weighted by molar-refractivity contribution is -0.134. The standard InChI is InChI=1S/C17H23FN2O.ClH/c1-12-5-6-13(8-15(12)18)9-20-16(21)17-7-3-2-4-14(17)10-19-11-17;/h5-6,8,14,19H,2-4,7,9-11H2,1H3,(H,20,21);1H/t14-,17+;/m0./s1. The van der Waals surface area contributed by atoms with Crippen molar-refractivity contribution >= 4 is 18.3 Å². The van der Waals surface area contributed by atoms with E-state index in [2.05, 4.69) is 10.6 Å². The second-order valence-electron chi connectivity index (χ2n) is 6.50. The van der Waals surface area contributed by atoms with Gasteiger partial charge in [0.1, 0.15) is 5.82 Å². The highest BCUT2D eigenvalue weighted by Crippen LogP contribution is 2.43. The molecule has 1 aliphatic heterocycles. The zero-order valence-electron chi connectivity index (χ0n) is 13.0. The first-order valence-electron chi connectivity index (χ1n) is 7.86. The largest absolute Gasteiger partial charge is 0.351 e. The van der Waals surface area contributed by atoms with E-state index in [9.17, 15) is 9.18 Å². The van der Waals surface area contributed by atoms with Gasteiger partial charge in [0.25, 0.3) is 0 Å². The van der Waals surface area contributed by atoms with Crippen LogP contribution in [0.25, 0.3) is 0 Å². The van der Waals surface area contributed by atoms with E-state index in [4.69, 9.17) is 0 Å². The highest BCUT2D eigenvalue weighted by atomic mass is 35.5. The maximum absolute atomic E-state index is 13.5. The molecule has 1 aliphatic carbocycles. The number of carbonyl (C=O) groups is 1. The van der Waals surface area contributed by atoms with Crippen LogP contribution in [0.15, 0.2) is 18.2 Å². The highest BCUT2D eigenvalue weighted by molar-refractivity contribution is 5.85. The van der Waals surface area contributed by atoms with Crippen LogP contribution in [-0.4, -0.2) is 19.0 Å². The number of carbonyl (C=O) groups excluding carboxylic acids is 1. The first-order chi connectivity index (χ1) is 10.1. The SMILES string of the molecule is Cc1ccc(CNC(=O)[C@@]23CCCC[C@H]2CNC3)cc1F.Cl. The fraction of sp³-hybridized carbons (Fsp3) is 0.588. The van der Waals surface area contributed by atoms with Crippen LogP contribution >= 0.6 is 12.4 Å². The average molecular weight is 327 g/mol. The number of benzene rings is 1. The monoisotopic (exact) mass is 326 g/mol. The second kappa shape index (κ2) is 6.97. The van der Waals surface area contributed by atoms with Crippen LogP contribution in [0, 0.1) is 24.1 Å². The van der Waals surface area contributed by atoms with Crippen molar-refractivity contribution in [2.75, 3.05) is 13.1 Å². The summed E-state index contributed by atoms with van der Waals surface area (Å²) in [6.07, 6.45) is 4.47. The summed E-state index contributed by atoms with van der Waals surface area (Å²) in [6, 6.07) is 5.15. The molecule has 0 radical (unpaired) electrons. The minimum Gasteiger partial charge on any atom is -0.351 e. The van der Waals surface area contributed by atoms with Crippen molar-refractivity contribution in [2.24, 2.45) is 11.3 Å². The van der Waals surface area contributed by atoms with Crippen LogP contribution in [0.1, 0.15) is 36.8 Å². The van der Waals surface area contributed by atoms with Gasteiger partial charge in [0, 0.05) is 13.1 Å². The van der Waals surface area contributed by atoms with E-state index < -0.39 is 0 Å². The van der Waals surface area contributed by atoms with Crippen molar-refractivity contribution in [1.82, 2.24) is 10.6 Å². The van der Waals surface area contributed by atoms with Gasteiger partial charge in [0.15, 0.2) is 0 Å². The summed E-state index contributed by atoms with van der Waals surface area (Å²) in [5.74, 6) is 0.386. The predicted molar refractivity (Wildman–Crippen MR) is 87.5 cm³/mol. The zero-order chi connectivity index (χ0) is 14.9. The third-order valence-electron chi connectivity index (χ3n) is 5.18. The summed E-state index contributed by atoms with van der Waals surface area (Å²) in [4.78, 5) is 12.7. The van der Waals surface area contributed by atoms with Gasteiger partial charge in [-0.1, -0.05) is 25.0 Å². The Morgan fingerprint density at radius 2 is 2.27 bits per heavy atom. The van der Waals surface area contributed by atoms with Crippen LogP contribution < -0.4 is 10.6 Å². The lowest BCUT2D eigenvalue weighted by Gasteiger charge is -2.37. The molecule has 2 N–H and O–H groups in total. The van der Waals surface area contributed by atoms with Crippen molar-refractivity contribution in [3.63, 3.8) is 0 Å². The third kappa shape index (κ3) is 3.13. The molecule has 0 bridgehead atoms. The Balaban J connectivity index is 0.00000176. The average Bonchev–Trinajstić information content (AvgIpc) is 2.93. The van der Waals surface area contributed by atoms with Gasteiger partial charge >= 0.3 is 0 Å². The number of fused-ring (bicyclic) bond motifs is 1. The predicted octanol–water partition coefficient (Wildman–Crippen LogP) is 2.95. The summed E-state index contributed by atoms with van der Waals surface area (Å²) in [5.41, 5.74) is 1.22. The van der Waals surface area contributed by atoms with E-state index in [0.29, 0.717) is 18.0 Å². The molecule has 2 fully saturated rings. The number of halogens is 2. The summed E-state index contributed by atoms with van der Waals surface area (Å²) < 4.78 is 13.5. The van der Waals surface area contributed by atoms with Gasteiger partial charge in [-0.15, -0.1) is 12.4 Å². The molecule has 1 aromatic rings. The number of amides is 1. The Kier molecular flexibility index (Phi) is 5.45.